The largest absolute Gasteiger partial charge is 0.342 e. The Morgan fingerprint density at radius 3 is 2.68 bits per heavy atom. The van der Waals surface area contributed by atoms with Crippen LogP contribution >= 0.6 is 0 Å². The number of aromatic nitrogens is 2. The Bertz CT molecular complexity index is 934. The second kappa shape index (κ2) is 7.18. The molecule has 0 fully saturated rings. The van der Waals surface area contributed by atoms with Crippen molar-refractivity contribution in [3.8, 4) is 6.07 Å². The lowest BCUT2D eigenvalue weighted by Crippen LogP contribution is -2.28. The summed E-state index contributed by atoms with van der Waals surface area (Å²) in [5, 5.41) is 11.9. The van der Waals surface area contributed by atoms with Gasteiger partial charge in [0.1, 0.15) is 5.82 Å². The number of imidazole rings is 1. The van der Waals surface area contributed by atoms with Crippen LogP contribution in [-0.2, 0) is 6.54 Å². The molecule has 2 aromatic carbocycles. The van der Waals surface area contributed by atoms with Crippen molar-refractivity contribution in [3.05, 3.63) is 65.5 Å². The highest BCUT2D eigenvalue weighted by Gasteiger charge is 2.18. The van der Waals surface area contributed by atoms with Gasteiger partial charge in [-0.2, -0.15) is 5.26 Å². The SMILES string of the molecule is Cc1ccc(C(=O)NC(C)c2nc3ccccc3n2CCC#N)cc1. The maximum atomic E-state index is 12.5. The molecular formula is C20H20N4O. The van der Waals surface area contributed by atoms with Crippen LogP contribution in [0.5, 0.6) is 0 Å². The smallest absolute Gasteiger partial charge is 0.251 e. The number of fused-ring (bicyclic) bond motifs is 1. The lowest BCUT2D eigenvalue weighted by molar-refractivity contribution is 0.0937. The molecule has 3 rings (SSSR count). The molecule has 25 heavy (non-hydrogen) atoms. The lowest BCUT2D eigenvalue weighted by atomic mass is 10.1. The van der Waals surface area contributed by atoms with E-state index in [1.54, 1.807) is 0 Å². The molecule has 5 heteroatoms. The van der Waals surface area contributed by atoms with Gasteiger partial charge in [0.15, 0.2) is 0 Å². The number of amides is 1. The summed E-state index contributed by atoms with van der Waals surface area (Å²) in [6.07, 6.45) is 0.395. The third-order valence-electron chi connectivity index (χ3n) is 4.18. The number of nitrogens with zero attached hydrogens (tertiary/aromatic N) is 3. The maximum absolute atomic E-state index is 12.5. The summed E-state index contributed by atoms with van der Waals surface area (Å²) in [5.41, 5.74) is 3.58. The van der Waals surface area contributed by atoms with Crippen LogP contribution in [0.25, 0.3) is 11.0 Å². The van der Waals surface area contributed by atoms with Crippen LogP contribution in [0.2, 0.25) is 0 Å². The van der Waals surface area contributed by atoms with Crippen LogP contribution < -0.4 is 5.32 Å². The molecule has 1 heterocycles. The quantitative estimate of drug-likeness (QED) is 0.773. The average Bonchev–Trinajstić information content (AvgIpc) is 2.99. The highest BCUT2D eigenvalue weighted by atomic mass is 16.1. The summed E-state index contributed by atoms with van der Waals surface area (Å²) >= 11 is 0. The zero-order valence-electron chi connectivity index (χ0n) is 14.4. The van der Waals surface area contributed by atoms with Crippen molar-refractivity contribution in [1.29, 1.82) is 5.26 Å². The van der Waals surface area contributed by atoms with Crippen molar-refractivity contribution in [2.45, 2.75) is 32.9 Å². The minimum Gasteiger partial charge on any atom is -0.342 e. The van der Waals surface area contributed by atoms with Gasteiger partial charge in [-0.3, -0.25) is 4.79 Å². The number of hydrogen-bond donors (Lipinski definition) is 1. The van der Waals surface area contributed by atoms with Crippen molar-refractivity contribution in [2.24, 2.45) is 0 Å². The van der Waals surface area contributed by atoms with Crippen molar-refractivity contribution in [3.63, 3.8) is 0 Å². The zero-order chi connectivity index (χ0) is 17.8. The van der Waals surface area contributed by atoms with Crippen LogP contribution in [0.15, 0.2) is 48.5 Å². The number of nitrogens with one attached hydrogen (secondary N) is 1. The van der Waals surface area contributed by atoms with Crippen LogP contribution in [0, 0.1) is 18.3 Å². The molecular weight excluding hydrogens is 312 g/mol. The number of carbonyl (C=O) groups excluding carboxylic acids is 1. The highest BCUT2D eigenvalue weighted by molar-refractivity contribution is 5.94. The van der Waals surface area contributed by atoms with E-state index in [2.05, 4.69) is 16.4 Å². The Morgan fingerprint density at radius 1 is 1.24 bits per heavy atom. The lowest BCUT2D eigenvalue weighted by Gasteiger charge is -2.16. The predicted molar refractivity (Wildman–Crippen MR) is 97.0 cm³/mol. The number of carbonyl (C=O) groups is 1. The van der Waals surface area contributed by atoms with Gasteiger partial charge < -0.3 is 9.88 Å². The molecule has 0 bridgehead atoms. The fourth-order valence-corrected chi connectivity index (χ4v) is 2.87. The number of nitriles is 1. The predicted octanol–water partition coefficient (Wildman–Crippen LogP) is 3.75. The number of aryl methyl sites for hydroxylation is 2. The summed E-state index contributed by atoms with van der Waals surface area (Å²) in [4.78, 5) is 17.1. The molecule has 0 spiro atoms. The van der Waals surface area contributed by atoms with Gasteiger partial charge in [0, 0.05) is 12.1 Å². The van der Waals surface area contributed by atoms with Gasteiger partial charge in [-0.25, -0.2) is 4.98 Å². The van der Waals surface area contributed by atoms with Gasteiger partial charge in [0.2, 0.25) is 0 Å². The van der Waals surface area contributed by atoms with Gasteiger partial charge in [-0.05, 0) is 38.1 Å². The van der Waals surface area contributed by atoms with Crippen LogP contribution in [0.3, 0.4) is 0 Å². The highest BCUT2D eigenvalue weighted by Crippen LogP contribution is 2.21. The molecule has 0 saturated heterocycles. The molecule has 0 saturated carbocycles. The van der Waals surface area contributed by atoms with Crippen molar-refractivity contribution in [1.82, 2.24) is 14.9 Å². The minimum atomic E-state index is -0.264. The van der Waals surface area contributed by atoms with E-state index in [4.69, 9.17) is 5.26 Å². The van der Waals surface area contributed by atoms with Crippen molar-refractivity contribution in [2.75, 3.05) is 0 Å². The molecule has 0 aliphatic carbocycles. The molecule has 1 aromatic heterocycles. The molecule has 126 valence electrons. The van der Waals surface area contributed by atoms with E-state index >= 15 is 0 Å². The second-order valence-electron chi connectivity index (χ2n) is 6.08. The molecule has 1 atom stereocenters. The van der Waals surface area contributed by atoms with Gasteiger partial charge in [-0.1, -0.05) is 29.8 Å². The monoisotopic (exact) mass is 332 g/mol. The summed E-state index contributed by atoms with van der Waals surface area (Å²) in [6, 6.07) is 17.2. The first kappa shape index (κ1) is 16.7. The normalized spacial score (nSPS) is 11.9. The Kier molecular flexibility index (Phi) is 4.80. The van der Waals surface area contributed by atoms with Crippen molar-refractivity contribution < 1.29 is 4.79 Å². The molecule has 0 aliphatic rings. The third-order valence-corrected chi connectivity index (χ3v) is 4.18. The summed E-state index contributed by atoms with van der Waals surface area (Å²) < 4.78 is 2.01. The van der Waals surface area contributed by atoms with Crippen LogP contribution in [-0.4, -0.2) is 15.5 Å². The molecule has 5 nitrogen and oxygen atoms in total. The Hall–Kier alpha value is -3.13. The topological polar surface area (TPSA) is 70.7 Å². The number of hydrogen-bond acceptors (Lipinski definition) is 3. The van der Waals surface area contributed by atoms with Gasteiger partial charge in [0.25, 0.3) is 5.91 Å². The van der Waals surface area contributed by atoms with E-state index in [0.717, 1.165) is 22.4 Å². The van der Waals surface area contributed by atoms with Crippen LogP contribution in [0.4, 0.5) is 0 Å². The number of rotatable bonds is 5. The van der Waals surface area contributed by atoms with Gasteiger partial charge >= 0.3 is 0 Å². The van der Waals surface area contributed by atoms with E-state index in [-0.39, 0.29) is 11.9 Å². The van der Waals surface area contributed by atoms with Gasteiger partial charge in [-0.15, -0.1) is 0 Å². The average molecular weight is 332 g/mol. The van der Waals surface area contributed by atoms with E-state index in [1.807, 2.05) is 66.9 Å². The fraction of sp³-hybridized carbons (Fsp3) is 0.250. The maximum Gasteiger partial charge on any atom is 0.251 e. The van der Waals surface area contributed by atoms with Crippen molar-refractivity contribution >= 4 is 16.9 Å². The second-order valence-corrected chi connectivity index (χ2v) is 6.08. The van der Waals surface area contributed by atoms with Gasteiger partial charge in [0.05, 0.1) is 29.6 Å². The first-order valence-electron chi connectivity index (χ1n) is 8.30. The Balaban J connectivity index is 1.88. The van der Waals surface area contributed by atoms with E-state index < -0.39 is 0 Å². The first-order chi connectivity index (χ1) is 12.1. The summed E-state index contributed by atoms with van der Waals surface area (Å²) in [7, 11) is 0. The third kappa shape index (κ3) is 3.53. The van der Waals surface area contributed by atoms with E-state index in [9.17, 15) is 4.79 Å². The molecule has 0 radical (unpaired) electrons. The first-order valence-corrected chi connectivity index (χ1v) is 8.30. The molecule has 1 N–H and O–H groups in total. The zero-order valence-corrected chi connectivity index (χ0v) is 14.4. The standard InChI is InChI=1S/C20H20N4O/c1-14-8-10-16(11-9-14)20(25)22-15(2)19-23-17-6-3-4-7-18(17)24(19)13-5-12-21/h3-4,6-11,15H,5,13H2,1-2H3,(H,22,25). The summed E-state index contributed by atoms with van der Waals surface area (Å²) in [5.74, 6) is 0.628. The Morgan fingerprint density at radius 2 is 1.96 bits per heavy atom. The minimum absolute atomic E-state index is 0.133. The molecule has 1 amide bonds. The van der Waals surface area contributed by atoms with E-state index in [1.165, 1.54) is 0 Å². The fourth-order valence-electron chi connectivity index (χ4n) is 2.87. The summed E-state index contributed by atoms with van der Waals surface area (Å²) in [6.45, 7) is 4.45. The van der Waals surface area contributed by atoms with Crippen LogP contribution in [0.1, 0.15) is 41.1 Å². The molecule has 1 unspecified atom stereocenters. The molecule has 3 aromatic rings. The molecule has 0 aliphatic heterocycles. The van der Waals surface area contributed by atoms with E-state index in [0.29, 0.717) is 18.5 Å². The number of benzene rings is 2. The number of para-hydroxylation sites is 2. The Labute approximate surface area is 146 Å².